The minimum absolute atomic E-state index is 0.00382. The molecule has 8 nitrogen and oxygen atoms in total. The number of ether oxygens (including phenoxy) is 3. The molecule has 0 aliphatic rings. The zero-order valence-corrected chi connectivity index (χ0v) is 16.7. The molecule has 0 bridgehead atoms. The summed E-state index contributed by atoms with van der Waals surface area (Å²) in [5.74, 6) is -3.58. The van der Waals surface area contributed by atoms with Crippen LogP contribution in [0.3, 0.4) is 0 Å². The summed E-state index contributed by atoms with van der Waals surface area (Å²) in [5.41, 5.74) is -0.737. The highest BCUT2D eigenvalue weighted by atomic mass is 19.4. The molecule has 0 aliphatic carbocycles. The molecule has 0 unspecified atom stereocenters. The van der Waals surface area contributed by atoms with Crippen molar-refractivity contribution in [2.24, 2.45) is 0 Å². The molecule has 0 saturated carbocycles. The van der Waals surface area contributed by atoms with Gasteiger partial charge in [0, 0.05) is 5.56 Å². The van der Waals surface area contributed by atoms with E-state index in [0.29, 0.717) is 0 Å². The summed E-state index contributed by atoms with van der Waals surface area (Å²) in [6, 6.07) is 8.98. The lowest BCUT2D eigenvalue weighted by molar-refractivity contribution is -0.274. The van der Waals surface area contributed by atoms with E-state index in [1.54, 1.807) is 0 Å². The number of carbonyl (C=O) groups excluding carboxylic acids is 1. The number of hydrogen-bond donors (Lipinski definition) is 3. The van der Waals surface area contributed by atoms with E-state index in [4.69, 9.17) is 24.7 Å². The van der Waals surface area contributed by atoms with Crippen LogP contribution >= 0.6 is 0 Å². The lowest BCUT2D eigenvalue weighted by atomic mass is 10.1. The maximum Gasteiger partial charge on any atom is 0.573 e. The summed E-state index contributed by atoms with van der Waals surface area (Å²) in [5, 5.41) is 17.9. The predicted octanol–water partition coefficient (Wildman–Crippen LogP) is 4.95. The molecular formula is C21H15F4N3O5. The van der Waals surface area contributed by atoms with Crippen molar-refractivity contribution >= 4 is 23.4 Å². The predicted molar refractivity (Wildman–Crippen MR) is 107 cm³/mol. The molecule has 12 heteroatoms. The zero-order valence-electron chi connectivity index (χ0n) is 16.7. The van der Waals surface area contributed by atoms with Gasteiger partial charge in [0.15, 0.2) is 5.76 Å². The second-order valence-electron chi connectivity index (χ2n) is 6.30. The highest BCUT2D eigenvalue weighted by Gasteiger charge is 2.31. The highest BCUT2D eigenvalue weighted by Crippen LogP contribution is 2.29. The second kappa shape index (κ2) is 9.42. The molecule has 3 N–H and O–H groups in total. The Labute approximate surface area is 183 Å². The summed E-state index contributed by atoms with van der Waals surface area (Å²) in [4.78, 5) is 12.7. The molecule has 3 rings (SSSR count). The van der Waals surface area contributed by atoms with Crippen molar-refractivity contribution in [3.63, 3.8) is 0 Å². The molecule has 0 spiro atoms. The molecule has 0 fully saturated rings. The molecule has 172 valence electrons. The molecule has 0 saturated heterocycles. The standard InChI is InChI=1S/C21H15F4N3O5/c1-30-16-7-5-12(33-21(23,24)25)10-13(16)20(29)28-15-9-11(4-6-14(15)22)18(26)32-19(27)17-3-2-8-31-17/h2-10,26-27H,1H3,(H,28,29). The van der Waals surface area contributed by atoms with Crippen LogP contribution in [0.25, 0.3) is 0 Å². The van der Waals surface area contributed by atoms with Crippen LogP contribution in [-0.2, 0) is 4.74 Å². The molecular weight excluding hydrogens is 450 g/mol. The van der Waals surface area contributed by atoms with Crippen LogP contribution in [0.4, 0.5) is 23.2 Å². The van der Waals surface area contributed by atoms with Gasteiger partial charge in [-0.15, -0.1) is 13.2 Å². The van der Waals surface area contributed by atoms with Crippen LogP contribution in [0.1, 0.15) is 21.7 Å². The number of furan rings is 1. The number of alkyl halides is 3. The Morgan fingerprint density at radius 1 is 1.06 bits per heavy atom. The lowest BCUT2D eigenvalue weighted by Gasteiger charge is -2.14. The fourth-order valence-corrected chi connectivity index (χ4v) is 2.63. The molecule has 2 aromatic carbocycles. The molecule has 1 amide bonds. The van der Waals surface area contributed by atoms with Crippen LogP contribution < -0.4 is 14.8 Å². The Morgan fingerprint density at radius 2 is 1.82 bits per heavy atom. The van der Waals surface area contributed by atoms with E-state index in [-0.39, 0.29) is 28.3 Å². The Morgan fingerprint density at radius 3 is 2.45 bits per heavy atom. The molecule has 0 atom stereocenters. The fourth-order valence-electron chi connectivity index (χ4n) is 2.63. The molecule has 33 heavy (non-hydrogen) atoms. The first-order chi connectivity index (χ1) is 15.6. The van der Waals surface area contributed by atoms with Crippen molar-refractivity contribution in [3.8, 4) is 11.5 Å². The topological polar surface area (TPSA) is 118 Å². The minimum atomic E-state index is -4.98. The number of rotatable bonds is 6. The van der Waals surface area contributed by atoms with E-state index in [2.05, 4.69) is 10.1 Å². The largest absolute Gasteiger partial charge is 0.573 e. The van der Waals surface area contributed by atoms with Gasteiger partial charge in [-0.05, 0) is 48.5 Å². The molecule has 0 radical (unpaired) electrons. The molecule has 0 aliphatic heterocycles. The number of hydrogen-bond acceptors (Lipinski definition) is 7. The SMILES string of the molecule is COc1ccc(OC(F)(F)F)cc1C(=O)Nc1cc(C(=N)OC(=N)c2ccco2)ccc1F. The van der Waals surface area contributed by atoms with Crippen LogP contribution in [0.15, 0.2) is 59.2 Å². The smallest absolute Gasteiger partial charge is 0.496 e. The quantitative estimate of drug-likeness (QED) is 0.271. The van der Waals surface area contributed by atoms with Gasteiger partial charge in [-0.25, -0.2) is 4.39 Å². The first kappa shape index (κ1) is 23.3. The summed E-state index contributed by atoms with van der Waals surface area (Å²) in [6.45, 7) is 0. The molecule has 1 heterocycles. The minimum Gasteiger partial charge on any atom is -0.496 e. The number of amides is 1. The van der Waals surface area contributed by atoms with E-state index in [1.807, 2.05) is 0 Å². The van der Waals surface area contributed by atoms with Crippen molar-refractivity contribution in [2.45, 2.75) is 6.36 Å². The summed E-state index contributed by atoms with van der Waals surface area (Å²) in [7, 11) is 1.20. The van der Waals surface area contributed by atoms with E-state index >= 15 is 0 Å². The molecule has 1 aromatic heterocycles. The Bertz CT molecular complexity index is 1190. The Hall–Kier alpha value is -4.35. The van der Waals surface area contributed by atoms with E-state index in [9.17, 15) is 22.4 Å². The van der Waals surface area contributed by atoms with Crippen LogP contribution in [0, 0.1) is 16.6 Å². The number of halogens is 4. The van der Waals surface area contributed by atoms with E-state index < -0.39 is 35.6 Å². The van der Waals surface area contributed by atoms with Crippen LogP contribution in [0.5, 0.6) is 11.5 Å². The van der Waals surface area contributed by atoms with Crippen LogP contribution in [0.2, 0.25) is 0 Å². The first-order valence-corrected chi connectivity index (χ1v) is 9.01. The number of carbonyl (C=O) groups is 1. The van der Waals surface area contributed by atoms with Gasteiger partial charge in [-0.3, -0.25) is 15.6 Å². The summed E-state index contributed by atoms with van der Waals surface area (Å²) >= 11 is 0. The monoisotopic (exact) mass is 465 g/mol. The number of anilines is 1. The van der Waals surface area contributed by atoms with Crippen LogP contribution in [-0.4, -0.2) is 31.2 Å². The average molecular weight is 465 g/mol. The average Bonchev–Trinajstić information content (AvgIpc) is 3.29. The van der Waals surface area contributed by atoms with Crippen molar-refractivity contribution in [3.05, 3.63) is 77.5 Å². The number of benzene rings is 2. The highest BCUT2D eigenvalue weighted by molar-refractivity contribution is 6.08. The third-order valence-electron chi connectivity index (χ3n) is 4.07. The number of methoxy groups -OCH3 is 1. The van der Waals surface area contributed by atoms with Gasteiger partial charge in [-0.1, -0.05) is 0 Å². The van der Waals surface area contributed by atoms with Crippen molar-refractivity contribution in [2.75, 3.05) is 12.4 Å². The van der Waals surface area contributed by atoms with Gasteiger partial charge >= 0.3 is 6.36 Å². The van der Waals surface area contributed by atoms with Gasteiger partial charge in [-0.2, -0.15) is 0 Å². The van der Waals surface area contributed by atoms with E-state index in [1.165, 1.54) is 31.6 Å². The normalized spacial score (nSPS) is 10.9. The lowest BCUT2D eigenvalue weighted by Crippen LogP contribution is -2.19. The third-order valence-corrected chi connectivity index (χ3v) is 4.07. The Kier molecular flexibility index (Phi) is 6.66. The van der Waals surface area contributed by atoms with Crippen molar-refractivity contribution in [1.29, 1.82) is 10.8 Å². The molecule has 3 aromatic rings. The van der Waals surface area contributed by atoms with Gasteiger partial charge in [0.1, 0.15) is 17.3 Å². The van der Waals surface area contributed by atoms with Gasteiger partial charge in [0.25, 0.3) is 11.8 Å². The third kappa shape index (κ3) is 5.87. The maximum atomic E-state index is 14.3. The second-order valence-corrected chi connectivity index (χ2v) is 6.30. The first-order valence-electron chi connectivity index (χ1n) is 9.01. The number of nitrogens with one attached hydrogen (secondary N) is 3. The Balaban J connectivity index is 1.82. The maximum absolute atomic E-state index is 14.3. The van der Waals surface area contributed by atoms with Gasteiger partial charge in [0.2, 0.25) is 5.90 Å². The summed E-state index contributed by atoms with van der Waals surface area (Å²) in [6.07, 6.45) is -3.67. The van der Waals surface area contributed by atoms with Gasteiger partial charge < -0.3 is 23.9 Å². The van der Waals surface area contributed by atoms with Gasteiger partial charge in [0.05, 0.1) is 24.6 Å². The summed E-state index contributed by atoms with van der Waals surface area (Å²) < 4.78 is 70.6. The fraction of sp³-hybridized carbons (Fsp3) is 0.0952. The van der Waals surface area contributed by atoms with Crippen molar-refractivity contribution < 1.29 is 41.0 Å². The van der Waals surface area contributed by atoms with E-state index in [0.717, 1.165) is 30.3 Å². The van der Waals surface area contributed by atoms with Crippen molar-refractivity contribution in [1.82, 2.24) is 0 Å². The zero-order chi connectivity index (χ0) is 24.2.